The number of aliphatic hydroxyl groups is 1. The van der Waals surface area contributed by atoms with Crippen LogP contribution in [-0.4, -0.2) is 121 Å². The number of carbonyl (C=O) groups is 3. The fraction of sp³-hybridized carbons (Fsp3) is 0.759. The number of hydrogen-bond acceptors (Lipinski definition) is 8. The van der Waals surface area contributed by atoms with E-state index in [4.69, 9.17) is 14.2 Å². The lowest BCUT2D eigenvalue weighted by molar-refractivity contribution is -0.156. The lowest BCUT2D eigenvalue weighted by atomic mass is 9.78. The summed E-state index contributed by atoms with van der Waals surface area (Å²) in [4.78, 5) is 47.7. The van der Waals surface area contributed by atoms with Gasteiger partial charge in [0.25, 0.3) is 0 Å². The zero-order valence-electron chi connectivity index (χ0n) is 23.2. The molecule has 5 aliphatic rings. The molecule has 1 spiro atoms. The molecular weight excluding hydrogens is 502 g/mol. The maximum Gasteiger partial charge on any atom is 0.312 e. The number of allylic oxidation sites excluding steroid dienone is 1. The molecule has 1 N–H and O–H groups in total. The molecule has 10 nitrogen and oxygen atoms in total. The van der Waals surface area contributed by atoms with Gasteiger partial charge in [-0.2, -0.15) is 0 Å². The van der Waals surface area contributed by atoms with E-state index in [0.717, 1.165) is 32.4 Å². The van der Waals surface area contributed by atoms with Crippen LogP contribution in [0.3, 0.4) is 0 Å². The highest BCUT2D eigenvalue weighted by atomic mass is 16.6. The smallest absolute Gasteiger partial charge is 0.312 e. The molecule has 0 aliphatic carbocycles. The third-order valence-corrected chi connectivity index (χ3v) is 8.76. The third kappa shape index (κ3) is 5.40. The molecule has 3 fully saturated rings. The number of rotatable bonds is 7. The fourth-order valence-electron chi connectivity index (χ4n) is 6.90. The maximum absolute atomic E-state index is 14.4. The SMILES string of the molecule is CC(C)C[C@H](CO)N1C(=O)[C@@H]2[C@@H]3C(=O)OCCCC/C=C\[C@@H]3O[C@@]23C=CCN(CCN2CCOCC2)C(=O)C13. The van der Waals surface area contributed by atoms with Gasteiger partial charge in [0.05, 0.1) is 44.5 Å². The molecule has 1 unspecified atom stereocenters. The first-order valence-electron chi connectivity index (χ1n) is 14.6. The Morgan fingerprint density at radius 1 is 1.05 bits per heavy atom. The van der Waals surface area contributed by atoms with Gasteiger partial charge in [0.2, 0.25) is 11.8 Å². The number of carbonyl (C=O) groups excluding carboxylic acids is 3. The summed E-state index contributed by atoms with van der Waals surface area (Å²) in [7, 11) is 0. The molecule has 6 atom stereocenters. The standard InChI is InChI=1S/C29H43N3O7/c1-20(2)18-21(19-33)32-25-27(35)31(12-11-30-13-16-37-17-14-30)10-7-9-29(25)24(26(32)34)23-22(39-29)8-5-3-4-6-15-38-28(23)36/h5,7-9,20-25,33H,3-4,6,10-19H2,1-2H3/b8-5-/t21-,22+,23-,24+,25?,29+/m1/s1. The zero-order chi connectivity index (χ0) is 27.6. The molecule has 5 heterocycles. The average molecular weight is 546 g/mol. The number of ether oxygens (including phenoxy) is 3. The van der Waals surface area contributed by atoms with Crippen molar-refractivity contribution in [2.45, 2.75) is 63.3 Å². The lowest BCUT2D eigenvalue weighted by Crippen LogP contribution is -2.59. The van der Waals surface area contributed by atoms with Gasteiger partial charge >= 0.3 is 5.97 Å². The highest BCUT2D eigenvalue weighted by Gasteiger charge is 2.72. The summed E-state index contributed by atoms with van der Waals surface area (Å²) in [6.45, 7) is 8.68. The van der Waals surface area contributed by atoms with Gasteiger partial charge < -0.3 is 29.1 Å². The van der Waals surface area contributed by atoms with Crippen LogP contribution in [0.4, 0.5) is 0 Å². The lowest BCUT2D eigenvalue weighted by Gasteiger charge is -2.39. The molecule has 39 heavy (non-hydrogen) atoms. The molecule has 0 aromatic heterocycles. The summed E-state index contributed by atoms with van der Waals surface area (Å²) in [5.74, 6) is -2.54. The molecule has 0 radical (unpaired) electrons. The van der Waals surface area contributed by atoms with Crippen LogP contribution >= 0.6 is 0 Å². The number of amides is 2. The second kappa shape index (κ2) is 12.1. The van der Waals surface area contributed by atoms with Gasteiger partial charge in [-0.25, -0.2) is 0 Å². The first kappa shape index (κ1) is 28.3. The van der Waals surface area contributed by atoms with Gasteiger partial charge in [-0.05, 0) is 31.6 Å². The number of fused-ring (bicyclic) bond motifs is 2. The van der Waals surface area contributed by atoms with Crippen molar-refractivity contribution in [1.29, 1.82) is 0 Å². The van der Waals surface area contributed by atoms with E-state index in [2.05, 4.69) is 4.90 Å². The monoisotopic (exact) mass is 545 g/mol. The summed E-state index contributed by atoms with van der Waals surface area (Å²) in [5, 5.41) is 10.4. The molecule has 0 aromatic rings. The van der Waals surface area contributed by atoms with E-state index in [1.54, 1.807) is 9.80 Å². The highest BCUT2D eigenvalue weighted by Crippen LogP contribution is 2.53. The van der Waals surface area contributed by atoms with E-state index in [1.807, 2.05) is 38.2 Å². The van der Waals surface area contributed by atoms with E-state index in [-0.39, 0.29) is 24.3 Å². The van der Waals surface area contributed by atoms with Gasteiger partial charge in [0.15, 0.2) is 0 Å². The quantitative estimate of drug-likeness (QED) is 0.373. The van der Waals surface area contributed by atoms with Gasteiger partial charge in [-0.3, -0.25) is 19.3 Å². The van der Waals surface area contributed by atoms with Crippen molar-refractivity contribution >= 4 is 17.8 Å². The number of likely N-dealkylation sites (tertiary alicyclic amines) is 1. The fourth-order valence-corrected chi connectivity index (χ4v) is 6.90. The van der Waals surface area contributed by atoms with Crippen molar-refractivity contribution in [3.63, 3.8) is 0 Å². The molecule has 3 saturated heterocycles. The van der Waals surface area contributed by atoms with E-state index in [9.17, 15) is 19.5 Å². The highest BCUT2D eigenvalue weighted by molar-refractivity contribution is 5.99. The minimum atomic E-state index is -1.31. The molecule has 5 rings (SSSR count). The predicted octanol–water partition coefficient (Wildman–Crippen LogP) is 0.988. The van der Waals surface area contributed by atoms with Crippen LogP contribution in [0.25, 0.3) is 0 Å². The summed E-state index contributed by atoms with van der Waals surface area (Å²) in [6, 6.07) is -1.53. The topological polar surface area (TPSA) is 109 Å². The van der Waals surface area contributed by atoms with Crippen molar-refractivity contribution in [2.24, 2.45) is 17.8 Å². The third-order valence-electron chi connectivity index (χ3n) is 8.76. The van der Waals surface area contributed by atoms with Gasteiger partial charge in [-0.1, -0.05) is 38.2 Å². The molecule has 2 amide bonds. The van der Waals surface area contributed by atoms with Crippen LogP contribution in [-0.2, 0) is 28.6 Å². The zero-order valence-corrected chi connectivity index (χ0v) is 23.2. The molecular formula is C29H43N3O7. The van der Waals surface area contributed by atoms with Crippen molar-refractivity contribution in [3.05, 3.63) is 24.3 Å². The van der Waals surface area contributed by atoms with Crippen LogP contribution in [0.1, 0.15) is 39.5 Å². The van der Waals surface area contributed by atoms with Crippen LogP contribution < -0.4 is 0 Å². The van der Waals surface area contributed by atoms with Gasteiger partial charge in [0, 0.05) is 32.7 Å². The second-order valence-corrected chi connectivity index (χ2v) is 11.8. The Morgan fingerprint density at radius 2 is 1.85 bits per heavy atom. The summed E-state index contributed by atoms with van der Waals surface area (Å²) < 4.78 is 17.8. The van der Waals surface area contributed by atoms with Gasteiger partial charge in [0.1, 0.15) is 17.6 Å². The summed E-state index contributed by atoms with van der Waals surface area (Å²) in [6.07, 6.45) is 9.99. The van der Waals surface area contributed by atoms with E-state index in [0.29, 0.717) is 45.9 Å². The molecule has 0 bridgehead atoms. The Labute approximate surface area is 230 Å². The Morgan fingerprint density at radius 3 is 2.59 bits per heavy atom. The minimum absolute atomic E-state index is 0.190. The average Bonchev–Trinajstić information content (AvgIpc) is 3.32. The first-order valence-corrected chi connectivity index (χ1v) is 14.6. The summed E-state index contributed by atoms with van der Waals surface area (Å²) >= 11 is 0. The van der Waals surface area contributed by atoms with Crippen LogP contribution in [0.15, 0.2) is 24.3 Å². The molecule has 5 aliphatic heterocycles. The Balaban J connectivity index is 1.52. The maximum atomic E-state index is 14.4. The minimum Gasteiger partial charge on any atom is -0.465 e. The number of morpholine rings is 1. The normalized spacial score (nSPS) is 35.3. The second-order valence-electron chi connectivity index (χ2n) is 11.8. The number of aliphatic hydroxyl groups excluding tert-OH is 1. The number of esters is 1. The van der Waals surface area contributed by atoms with E-state index >= 15 is 0 Å². The first-order chi connectivity index (χ1) is 18.9. The number of cyclic esters (lactones) is 1. The van der Waals surface area contributed by atoms with Crippen LogP contribution in [0.2, 0.25) is 0 Å². The Kier molecular flexibility index (Phi) is 8.75. The van der Waals surface area contributed by atoms with Crippen molar-refractivity contribution in [1.82, 2.24) is 14.7 Å². The predicted molar refractivity (Wildman–Crippen MR) is 142 cm³/mol. The summed E-state index contributed by atoms with van der Waals surface area (Å²) in [5.41, 5.74) is -1.31. The van der Waals surface area contributed by atoms with Gasteiger partial charge in [-0.15, -0.1) is 0 Å². The van der Waals surface area contributed by atoms with Crippen LogP contribution in [0.5, 0.6) is 0 Å². The Hall–Kier alpha value is -2.27. The van der Waals surface area contributed by atoms with Crippen molar-refractivity contribution in [3.8, 4) is 0 Å². The van der Waals surface area contributed by atoms with E-state index in [1.165, 1.54) is 0 Å². The molecule has 0 saturated carbocycles. The largest absolute Gasteiger partial charge is 0.465 e. The van der Waals surface area contributed by atoms with Crippen molar-refractivity contribution in [2.75, 3.05) is 59.2 Å². The van der Waals surface area contributed by atoms with Crippen molar-refractivity contribution < 1.29 is 33.7 Å². The molecule has 0 aromatic carbocycles. The van der Waals surface area contributed by atoms with E-state index < -0.39 is 41.6 Å². The molecule has 216 valence electrons. The van der Waals surface area contributed by atoms with Crippen LogP contribution in [0, 0.1) is 17.8 Å². The molecule has 10 heteroatoms. The number of nitrogens with zero attached hydrogens (tertiary/aromatic N) is 3. The Bertz CT molecular complexity index is 978. The number of hydrogen-bond donors (Lipinski definition) is 1.